The zero-order valence-electron chi connectivity index (χ0n) is 15.9. The number of benzene rings is 3. The van der Waals surface area contributed by atoms with Crippen LogP contribution in [0.5, 0.6) is 5.75 Å². The molecule has 3 aromatic rings. The summed E-state index contributed by atoms with van der Waals surface area (Å²) < 4.78 is 5.36. The standard InChI is InChI=1S/C22H17N3O5/c1-15-5-2-3-8-20(15)22(27)30-19-11-9-16(10-12-19)14-23-24-21(26)17-6-4-7-18(13-17)25(28)29/h2-14H,1H3,(H,24,26)/b23-14-. The fraction of sp³-hybridized carbons (Fsp3) is 0.0455. The molecule has 0 aliphatic carbocycles. The third kappa shape index (κ3) is 5.14. The minimum Gasteiger partial charge on any atom is -0.423 e. The molecule has 0 heterocycles. The number of nitro groups is 1. The summed E-state index contributed by atoms with van der Waals surface area (Å²) in [5.41, 5.74) is 4.23. The Kier molecular flexibility index (Phi) is 6.29. The minimum atomic E-state index is -0.576. The highest BCUT2D eigenvalue weighted by molar-refractivity contribution is 5.95. The third-order valence-electron chi connectivity index (χ3n) is 4.15. The number of amides is 1. The Balaban J connectivity index is 1.59. The molecule has 0 saturated carbocycles. The minimum absolute atomic E-state index is 0.125. The van der Waals surface area contributed by atoms with Gasteiger partial charge in [-0.15, -0.1) is 0 Å². The normalized spacial score (nSPS) is 10.6. The van der Waals surface area contributed by atoms with Crippen LogP contribution in [-0.2, 0) is 0 Å². The predicted octanol–water partition coefficient (Wildman–Crippen LogP) is 3.89. The van der Waals surface area contributed by atoms with E-state index in [1.807, 2.05) is 19.1 Å². The van der Waals surface area contributed by atoms with Crippen molar-refractivity contribution in [3.8, 4) is 5.75 Å². The molecule has 0 fully saturated rings. The number of nitrogens with one attached hydrogen (secondary N) is 1. The number of hydrogen-bond acceptors (Lipinski definition) is 6. The van der Waals surface area contributed by atoms with Gasteiger partial charge in [0.15, 0.2) is 0 Å². The van der Waals surface area contributed by atoms with E-state index in [1.54, 1.807) is 36.4 Å². The van der Waals surface area contributed by atoms with E-state index < -0.39 is 16.8 Å². The molecule has 0 aliphatic heterocycles. The first kappa shape index (κ1) is 20.4. The summed E-state index contributed by atoms with van der Waals surface area (Å²) >= 11 is 0. The maximum Gasteiger partial charge on any atom is 0.343 e. The van der Waals surface area contributed by atoms with E-state index >= 15 is 0 Å². The largest absolute Gasteiger partial charge is 0.423 e. The third-order valence-corrected chi connectivity index (χ3v) is 4.15. The molecule has 150 valence electrons. The smallest absolute Gasteiger partial charge is 0.343 e. The number of carbonyl (C=O) groups is 2. The molecule has 0 saturated heterocycles. The van der Waals surface area contributed by atoms with Crippen molar-refractivity contribution in [2.45, 2.75) is 6.92 Å². The van der Waals surface area contributed by atoms with Crippen molar-refractivity contribution < 1.29 is 19.2 Å². The topological polar surface area (TPSA) is 111 Å². The van der Waals surface area contributed by atoms with Gasteiger partial charge >= 0.3 is 5.97 Å². The molecule has 0 aromatic heterocycles. The molecular weight excluding hydrogens is 386 g/mol. The lowest BCUT2D eigenvalue weighted by molar-refractivity contribution is -0.384. The number of hydrogen-bond donors (Lipinski definition) is 1. The van der Waals surface area contributed by atoms with E-state index in [9.17, 15) is 19.7 Å². The summed E-state index contributed by atoms with van der Waals surface area (Å²) in [6.07, 6.45) is 1.40. The van der Waals surface area contributed by atoms with E-state index in [2.05, 4.69) is 10.5 Å². The van der Waals surface area contributed by atoms with Crippen LogP contribution in [0.3, 0.4) is 0 Å². The van der Waals surface area contributed by atoms with Gasteiger partial charge in [-0.25, -0.2) is 10.2 Å². The van der Waals surface area contributed by atoms with Crippen LogP contribution in [0, 0.1) is 17.0 Å². The van der Waals surface area contributed by atoms with Crippen LogP contribution in [0.15, 0.2) is 77.9 Å². The summed E-state index contributed by atoms with van der Waals surface area (Å²) in [6.45, 7) is 1.83. The summed E-state index contributed by atoms with van der Waals surface area (Å²) in [5.74, 6) is -0.640. The van der Waals surface area contributed by atoms with Crippen molar-refractivity contribution in [1.29, 1.82) is 0 Å². The monoisotopic (exact) mass is 403 g/mol. The first-order valence-electron chi connectivity index (χ1n) is 8.90. The molecular formula is C22H17N3O5. The van der Waals surface area contributed by atoms with Crippen LogP contribution in [0.25, 0.3) is 0 Å². The van der Waals surface area contributed by atoms with Gasteiger partial charge in [-0.05, 0) is 54.4 Å². The van der Waals surface area contributed by atoms with Gasteiger partial charge in [-0.2, -0.15) is 5.10 Å². The molecule has 3 aromatic carbocycles. The predicted molar refractivity (Wildman–Crippen MR) is 111 cm³/mol. The number of esters is 1. The molecule has 30 heavy (non-hydrogen) atoms. The van der Waals surface area contributed by atoms with Gasteiger partial charge in [0, 0.05) is 17.7 Å². The van der Waals surface area contributed by atoms with Gasteiger partial charge in [0.2, 0.25) is 0 Å². The molecule has 1 amide bonds. The number of nitro benzene ring substituents is 1. The van der Waals surface area contributed by atoms with Gasteiger partial charge in [0.05, 0.1) is 16.7 Å². The Morgan fingerprint density at radius 1 is 1.03 bits per heavy atom. The highest BCUT2D eigenvalue weighted by atomic mass is 16.6. The highest BCUT2D eigenvalue weighted by Gasteiger charge is 2.11. The Morgan fingerprint density at radius 2 is 1.77 bits per heavy atom. The molecule has 8 heteroatoms. The molecule has 3 rings (SSSR count). The summed E-state index contributed by atoms with van der Waals surface area (Å²) in [5, 5.41) is 14.6. The van der Waals surface area contributed by atoms with Gasteiger partial charge in [-0.1, -0.05) is 24.3 Å². The fourth-order valence-electron chi connectivity index (χ4n) is 2.58. The summed E-state index contributed by atoms with van der Waals surface area (Å²) in [6, 6.07) is 19.1. The molecule has 0 aliphatic rings. The van der Waals surface area contributed by atoms with Crippen LogP contribution >= 0.6 is 0 Å². The van der Waals surface area contributed by atoms with E-state index in [1.165, 1.54) is 30.5 Å². The number of non-ortho nitro benzene ring substituents is 1. The summed E-state index contributed by atoms with van der Waals surface area (Å²) in [7, 11) is 0. The van der Waals surface area contributed by atoms with Crippen molar-refractivity contribution >= 4 is 23.8 Å². The zero-order valence-corrected chi connectivity index (χ0v) is 15.9. The van der Waals surface area contributed by atoms with Crippen molar-refractivity contribution in [2.75, 3.05) is 0 Å². The van der Waals surface area contributed by atoms with Crippen LogP contribution in [-0.4, -0.2) is 23.0 Å². The van der Waals surface area contributed by atoms with Crippen LogP contribution in [0.2, 0.25) is 0 Å². The second kappa shape index (κ2) is 9.24. The molecule has 0 radical (unpaired) electrons. The van der Waals surface area contributed by atoms with E-state index in [0.29, 0.717) is 16.9 Å². The number of rotatable bonds is 6. The maximum atomic E-state index is 12.2. The van der Waals surface area contributed by atoms with Crippen molar-refractivity contribution in [3.05, 3.63) is 105 Å². The Bertz CT molecular complexity index is 1120. The molecule has 0 atom stereocenters. The zero-order chi connectivity index (χ0) is 21.5. The van der Waals surface area contributed by atoms with Crippen LogP contribution in [0.4, 0.5) is 5.69 Å². The number of hydrazone groups is 1. The molecule has 0 spiro atoms. The van der Waals surface area contributed by atoms with Gasteiger partial charge in [0.1, 0.15) is 5.75 Å². The Hall–Kier alpha value is -4.33. The highest BCUT2D eigenvalue weighted by Crippen LogP contribution is 2.16. The number of ether oxygens (including phenoxy) is 1. The van der Waals surface area contributed by atoms with Crippen molar-refractivity contribution in [1.82, 2.24) is 5.43 Å². The van der Waals surface area contributed by atoms with E-state index in [-0.39, 0.29) is 11.3 Å². The van der Waals surface area contributed by atoms with Gasteiger partial charge in [-0.3, -0.25) is 14.9 Å². The Morgan fingerprint density at radius 3 is 2.47 bits per heavy atom. The lowest BCUT2D eigenvalue weighted by Crippen LogP contribution is -2.17. The average molecular weight is 403 g/mol. The number of aryl methyl sites for hydroxylation is 1. The first-order valence-corrected chi connectivity index (χ1v) is 8.90. The van der Waals surface area contributed by atoms with Gasteiger partial charge in [0.25, 0.3) is 11.6 Å². The quantitative estimate of drug-likeness (QED) is 0.221. The lowest BCUT2D eigenvalue weighted by atomic mass is 10.1. The molecule has 8 nitrogen and oxygen atoms in total. The lowest BCUT2D eigenvalue weighted by Gasteiger charge is -2.06. The van der Waals surface area contributed by atoms with Crippen LogP contribution < -0.4 is 10.2 Å². The number of nitrogens with zero attached hydrogens (tertiary/aromatic N) is 2. The molecule has 0 unspecified atom stereocenters. The van der Waals surface area contributed by atoms with Crippen molar-refractivity contribution in [3.63, 3.8) is 0 Å². The SMILES string of the molecule is Cc1ccccc1C(=O)Oc1ccc(/C=N\NC(=O)c2cccc([N+](=O)[O-])c2)cc1. The second-order valence-electron chi connectivity index (χ2n) is 6.28. The first-order chi connectivity index (χ1) is 14.4. The molecule has 0 bridgehead atoms. The van der Waals surface area contributed by atoms with Crippen molar-refractivity contribution in [2.24, 2.45) is 5.10 Å². The summed E-state index contributed by atoms with van der Waals surface area (Å²) in [4.78, 5) is 34.5. The fourth-order valence-corrected chi connectivity index (χ4v) is 2.58. The maximum absolute atomic E-state index is 12.2. The van der Waals surface area contributed by atoms with Gasteiger partial charge < -0.3 is 4.74 Å². The van der Waals surface area contributed by atoms with Crippen LogP contribution in [0.1, 0.15) is 31.8 Å². The second-order valence-corrected chi connectivity index (χ2v) is 6.28. The molecule has 1 N–H and O–H groups in total. The van der Waals surface area contributed by atoms with E-state index in [0.717, 1.165) is 5.56 Å². The Labute approximate surface area is 172 Å². The van der Waals surface area contributed by atoms with E-state index in [4.69, 9.17) is 4.74 Å². The number of carbonyl (C=O) groups excluding carboxylic acids is 2. The average Bonchev–Trinajstić information content (AvgIpc) is 2.75.